The molecule has 0 fully saturated rings. The van der Waals surface area contributed by atoms with Crippen LogP contribution in [0.4, 0.5) is 0 Å². The van der Waals surface area contributed by atoms with Gasteiger partial charge in [-0.3, -0.25) is 4.79 Å². The Morgan fingerprint density at radius 1 is 1.16 bits per heavy atom. The molecule has 0 aliphatic rings. The third-order valence-corrected chi connectivity index (χ3v) is 4.86. The Morgan fingerprint density at radius 2 is 1.97 bits per heavy atom. The van der Waals surface area contributed by atoms with Gasteiger partial charge in [0.15, 0.2) is 5.69 Å². The molecular formula is C22H24N6O3. The zero-order valence-corrected chi connectivity index (χ0v) is 17.5. The first-order valence-electron chi connectivity index (χ1n) is 10.0. The van der Waals surface area contributed by atoms with Gasteiger partial charge in [-0.15, -0.1) is 0 Å². The van der Waals surface area contributed by atoms with Crippen molar-refractivity contribution in [3.8, 4) is 5.88 Å². The highest BCUT2D eigenvalue weighted by Gasteiger charge is 2.21. The number of nitrogens with zero attached hydrogens (tertiary/aromatic N) is 5. The highest BCUT2D eigenvalue weighted by Crippen LogP contribution is 2.16. The number of pyridine rings is 1. The third-order valence-electron chi connectivity index (χ3n) is 4.86. The fourth-order valence-electron chi connectivity index (χ4n) is 3.28. The maximum absolute atomic E-state index is 13.2. The lowest BCUT2D eigenvalue weighted by molar-refractivity contribution is 0.0778. The summed E-state index contributed by atoms with van der Waals surface area (Å²) in [5.41, 5.74) is 3.65. The molecule has 160 valence electrons. The SMILES string of the molecule is Cc1nonc1OCCNCc1c(C(=O)N(C)Cc2ccccc2)nc2ccccn12. The monoisotopic (exact) mass is 420 g/mol. The van der Waals surface area contributed by atoms with E-state index < -0.39 is 0 Å². The Hall–Kier alpha value is -3.72. The number of hydrogen-bond donors (Lipinski definition) is 1. The molecule has 0 spiro atoms. The van der Waals surface area contributed by atoms with E-state index in [1.807, 2.05) is 59.1 Å². The second kappa shape index (κ2) is 9.40. The summed E-state index contributed by atoms with van der Waals surface area (Å²) < 4.78 is 12.1. The van der Waals surface area contributed by atoms with E-state index in [2.05, 4.69) is 25.2 Å². The van der Waals surface area contributed by atoms with Crippen molar-refractivity contribution >= 4 is 11.6 Å². The van der Waals surface area contributed by atoms with E-state index in [0.717, 1.165) is 16.9 Å². The maximum atomic E-state index is 13.2. The fraction of sp³-hybridized carbons (Fsp3) is 0.273. The topological polar surface area (TPSA) is 97.8 Å². The average Bonchev–Trinajstić information content (AvgIpc) is 3.37. The van der Waals surface area contributed by atoms with Gasteiger partial charge in [0.1, 0.15) is 17.9 Å². The van der Waals surface area contributed by atoms with Crippen LogP contribution in [-0.2, 0) is 13.1 Å². The molecule has 31 heavy (non-hydrogen) atoms. The van der Waals surface area contributed by atoms with Gasteiger partial charge in [0, 0.05) is 32.9 Å². The molecule has 1 N–H and O–H groups in total. The Balaban J connectivity index is 1.45. The number of benzene rings is 1. The van der Waals surface area contributed by atoms with Crippen LogP contribution in [0.15, 0.2) is 59.4 Å². The van der Waals surface area contributed by atoms with Gasteiger partial charge in [-0.2, -0.15) is 0 Å². The fourth-order valence-corrected chi connectivity index (χ4v) is 3.28. The van der Waals surface area contributed by atoms with Crippen LogP contribution < -0.4 is 10.1 Å². The van der Waals surface area contributed by atoms with Crippen molar-refractivity contribution in [2.45, 2.75) is 20.0 Å². The largest absolute Gasteiger partial charge is 0.473 e. The van der Waals surface area contributed by atoms with E-state index in [9.17, 15) is 4.79 Å². The number of amides is 1. The zero-order chi connectivity index (χ0) is 21.6. The number of hydrogen-bond acceptors (Lipinski definition) is 7. The van der Waals surface area contributed by atoms with Crippen molar-refractivity contribution in [1.29, 1.82) is 0 Å². The van der Waals surface area contributed by atoms with Crippen LogP contribution in [0.1, 0.15) is 27.4 Å². The van der Waals surface area contributed by atoms with Crippen molar-refractivity contribution in [1.82, 2.24) is 29.9 Å². The molecule has 0 aliphatic carbocycles. The van der Waals surface area contributed by atoms with Crippen LogP contribution in [0.2, 0.25) is 0 Å². The molecule has 1 amide bonds. The van der Waals surface area contributed by atoms with E-state index in [1.54, 1.807) is 18.9 Å². The predicted octanol–water partition coefficient (Wildman–Crippen LogP) is 2.47. The van der Waals surface area contributed by atoms with Crippen molar-refractivity contribution in [3.05, 3.63) is 77.4 Å². The molecule has 1 aromatic carbocycles. The number of ether oxygens (including phenoxy) is 1. The highest BCUT2D eigenvalue weighted by atomic mass is 16.6. The number of aryl methyl sites for hydroxylation is 1. The smallest absolute Gasteiger partial charge is 0.278 e. The van der Waals surface area contributed by atoms with E-state index in [4.69, 9.17) is 4.74 Å². The number of rotatable bonds is 9. The van der Waals surface area contributed by atoms with Gasteiger partial charge in [0.05, 0.1) is 5.69 Å². The minimum atomic E-state index is -0.120. The summed E-state index contributed by atoms with van der Waals surface area (Å²) in [5, 5.41) is 10.7. The van der Waals surface area contributed by atoms with Gasteiger partial charge < -0.3 is 19.4 Å². The van der Waals surface area contributed by atoms with Crippen LogP contribution in [-0.4, -0.2) is 50.7 Å². The number of imidazole rings is 1. The first-order valence-corrected chi connectivity index (χ1v) is 10.0. The maximum Gasteiger partial charge on any atom is 0.278 e. The molecule has 0 aliphatic heterocycles. The average molecular weight is 420 g/mol. The van der Waals surface area contributed by atoms with Crippen molar-refractivity contribution in [2.24, 2.45) is 0 Å². The molecular weight excluding hydrogens is 396 g/mol. The molecule has 4 rings (SSSR count). The summed E-state index contributed by atoms with van der Waals surface area (Å²) in [6.45, 7) is 3.69. The molecule has 3 heterocycles. The lowest BCUT2D eigenvalue weighted by Gasteiger charge is -2.17. The van der Waals surface area contributed by atoms with Crippen LogP contribution in [0, 0.1) is 6.92 Å². The Labute approximate surface area is 179 Å². The summed E-state index contributed by atoms with van der Waals surface area (Å²) in [6, 6.07) is 15.6. The predicted molar refractivity (Wildman–Crippen MR) is 114 cm³/mol. The number of carbonyl (C=O) groups is 1. The molecule has 0 atom stereocenters. The lowest BCUT2D eigenvalue weighted by atomic mass is 10.2. The number of nitrogens with one attached hydrogen (secondary N) is 1. The second-order valence-corrected chi connectivity index (χ2v) is 7.16. The number of aromatic nitrogens is 4. The highest BCUT2D eigenvalue weighted by molar-refractivity contribution is 5.94. The molecule has 9 heteroatoms. The lowest BCUT2D eigenvalue weighted by Crippen LogP contribution is -2.29. The minimum absolute atomic E-state index is 0.120. The van der Waals surface area contributed by atoms with Gasteiger partial charge in [-0.05, 0) is 29.8 Å². The van der Waals surface area contributed by atoms with Crippen LogP contribution in [0.5, 0.6) is 5.88 Å². The normalized spacial score (nSPS) is 11.0. The molecule has 0 saturated heterocycles. The number of fused-ring (bicyclic) bond motifs is 1. The molecule has 4 aromatic rings. The Bertz CT molecular complexity index is 1150. The van der Waals surface area contributed by atoms with Crippen molar-refractivity contribution in [2.75, 3.05) is 20.2 Å². The van der Waals surface area contributed by atoms with Crippen molar-refractivity contribution in [3.63, 3.8) is 0 Å². The number of carbonyl (C=O) groups excluding carboxylic acids is 1. The van der Waals surface area contributed by atoms with E-state index in [-0.39, 0.29) is 5.91 Å². The van der Waals surface area contributed by atoms with E-state index in [0.29, 0.717) is 43.5 Å². The molecule has 0 saturated carbocycles. The standard InChI is InChI=1S/C22H24N6O3/c1-16-21(26-31-25-16)30-13-11-23-14-18-20(24-19-10-6-7-12-28(18)19)22(29)27(2)15-17-8-4-3-5-9-17/h3-10,12,23H,11,13-15H2,1-2H3. The summed E-state index contributed by atoms with van der Waals surface area (Å²) in [6.07, 6.45) is 1.91. The first-order chi connectivity index (χ1) is 15.1. The van der Waals surface area contributed by atoms with Gasteiger partial charge in [-0.1, -0.05) is 41.6 Å². The summed E-state index contributed by atoms with van der Waals surface area (Å²) in [5.74, 6) is 0.264. The Morgan fingerprint density at radius 3 is 2.74 bits per heavy atom. The van der Waals surface area contributed by atoms with Gasteiger partial charge in [0.25, 0.3) is 11.8 Å². The van der Waals surface area contributed by atoms with Gasteiger partial charge >= 0.3 is 0 Å². The molecule has 0 bridgehead atoms. The molecule has 0 unspecified atom stereocenters. The van der Waals surface area contributed by atoms with Gasteiger partial charge in [0.2, 0.25) is 0 Å². The quantitative estimate of drug-likeness (QED) is 0.415. The summed E-state index contributed by atoms with van der Waals surface area (Å²) in [7, 11) is 1.79. The van der Waals surface area contributed by atoms with E-state index in [1.165, 1.54) is 0 Å². The van der Waals surface area contributed by atoms with E-state index >= 15 is 0 Å². The second-order valence-electron chi connectivity index (χ2n) is 7.16. The Kier molecular flexibility index (Phi) is 6.23. The first kappa shape index (κ1) is 20.5. The zero-order valence-electron chi connectivity index (χ0n) is 17.5. The van der Waals surface area contributed by atoms with Crippen LogP contribution >= 0.6 is 0 Å². The third kappa shape index (κ3) is 4.72. The summed E-state index contributed by atoms with van der Waals surface area (Å²) in [4.78, 5) is 19.5. The van der Waals surface area contributed by atoms with Crippen molar-refractivity contribution < 1.29 is 14.2 Å². The van der Waals surface area contributed by atoms with Gasteiger partial charge in [-0.25, -0.2) is 9.61 Å². The molecule has 0 radical (unpaired) electrons. The van der Waals surface area contributed by atoms with Crippen LogP contribution in [0.25, 0.3) is 5.65 Å². The molecule has 3 aromatic heterocycles. The summed E-state index contributed by atoms with van der Waals surface area (Å²) >= 11 is 0. The van der Waals surface area contributed by atoms with Crippen LogP contribution in [0.3, 0.4) is 0 Å². The molecule has 9 nitrogen and oxygen atoms in total. The minimum Gasteiger partial charge on any atom is -0.473 e.